The maximum Gasteiger partial charge on any atom is 0.0672 e. The van der Waals surface area contributed by atoms with Crippen LogP contribution in [0.5, 0.6) is 0 Å². The molecular weight excluding hydrogens is 160 g/mol. The Hall–Kier alpha value is -0.550. The lowest BCUT2D eigenvalue weighted by molar-refractivity contribution is 0.240. The molecule has 72 valence electrons. The molecule has 0 amide bonds. The summed E-state index contributed by atoms with van der Waals surface area (Å²) in [5.41, 5.74) is 0. The third-order valence-corrected chi connectivity index (χ3v) is 3.68. The van der Waals surface area contributed by atoms with Gasteiger partial charge in [0, 0.05) is 6.54 Å². The Bertz CT molecular complexity index is 201. The molecule has 0 bridgehead atoms. The third-order valence-electron chi connectivity index (χ3n) is 3.68. The Labute approximate surface area is 80.3 Å². The summed E-state index contributed by atoms with van der Waals surface area (Å²) in [5.74, 6) is 1.79. The van der Waals surface area contributed by atoms with Crippen LogP contribution in [0.2, 0.25) is 0 Å². The Morgan fingerprint density at radius 3 is 2.54 bits per heavy atom. The average molecular weight is 178 g/mol. The van der Waals surface area contributed by atoms with Gasteiger partial charge in [0.15, 0.2) is 0 Å². The molecule has 0 unspecified atom stereocenters. The number of rotatable bonds is 1. The van der Waals surface area contributed by atoms with E-state index in [1.165, 1.54) is 32.1 Å². The summed E-state index contributed by atoms with van der Waals surface area (Å²) in [6.45, 7) is 2.01. The van der Waals surface area contributed by atoms with Crippen LogP contribution >= 0.6 is 0 Å². The molecule has 2 heteroatoms. The van der Waals surface area contributed by atoms with Gasteiger partial charge in [-0.25, -0.2) is 0 Å². The van der Waals surface area contributed by atoms with E-state index in [0.29, 0.717) is 11.8 Å². The maximum absolute atomic E-state index is 8.98. The fraction of sp³-hybridized carbons (Fsp3) is 0.909. The Balaban J connectivity index is 1.94. The van der Waals surface area contributed by atoms with E-state index in [4.69, 9.17) is 5.26 Å². The van der Waals surface area contributed by atoms with Gasteiger partial charge in [0.25, 0.3) is 0 Å². The van der Waals surface area contributed by atoms with Crippen LogP contribution in [0, 0.1) is 29.1 Å². The molecule has 1 aliphatic heterocycles. The fourth-order valence-electron chi connectivity index (χ4n) is 2.90. The highest BCUT2D eigenvalue weighted by molar-refractivity contribution is 4.97. The van der Waals surface area contributed by atoms with Crippen molar-refractivity contribution in [1.82, 2.24) is 5.32 Å². The van der Waals surface area contributed by atoms with E-state index in [1.807, 2.05) is 0 Å². The zero-order valence-corrected chi connectivity index (χ0v) is 8.13. The van der Waals surface area contributed by atoms with Crippen molar-refractivity contribution in [2.75, 3.05) is 13.1 Å². The highest BCUT2D eigenvalue weighted by Gasteiger charge is 2.33. The first-order chi connectivity index (χ1) is 6.42. The van der Waals surface area contributed by atoms with Crippen molar-refractivity contribution in [2.45, 2.75) is 32.1 Å². The minimum atomic E-state index is 0.295. The first-order valence-corrected chi connectivity index (χ1v) is 5.52. The third kappa shape index (κ3) is 1.86. The molecule has 2 rings (SSSR count). The molecule has 2 aliphatic rings. The van der Waals surface area contributed by atoms with Gasteiger partial charge in [-0.1, -0.05) is 32.1 Å². The molecule has 0 aromatic heterocycles. The number of nitrogens with one attached hydrogen (secondary N) is 1. The topological polar surface area (TPSA) is 35.8 Å². The molecule has 1 aliphatic carbocycles. The molecule has 2 fully saturated rings. The maximum atomic E-state index is 8.98. The summed E-state index contributed by atoms with van der Waals surface area (Å²) in [5, 5.41) is 12.3. The molecule has 1 N–H and O–H groups in total. The summed E-state index contributed by atoms with van der Waals surface area (Å²) >= 11 is 0. The van der Waals surface area contributed by atoms with Gasteiger partial charge in [0.1, 0.15) is 0 Å². The monoisotopic (exact) mass is 178 g/mol. The van der Waals surface area contributed by atoms with E-state index in [9.17, 15) is 0 Å². The summed E-state index contributed by atoms with van der Waals surface area (Å²) in [7, 11) is 0. The lowest BCUT2D eigenvalue weighted by Gasteiger charge is -2.28. The van der Waals surface area contributed by atoms with E-state index < -0.39 is 0 Å². The molecule has 2 nitrogen and oxygen atoms in total. The molecule has 1 saturated carbocycles. The number of nitrogens with zero attached hydrogens (tertiary/aromatic N) is 1. The van der Waals surface area contributed by atoms with Crippen LogP contribution in [0.3, 0.4) is 0 Å². The zero-order valence-electron chi connectivity index (χ0n) is 8.13. The normalized spacial score (nSPS) is 35.9. The van der Waals surface area contributed by atoms with E-state index >= 15 is 0 Å². The minimum absolute atomic E-state index is 0.295. The van der Waals surface area contributed by atoms with Gasteiger partial charge in [-0.05, 0) is 18.4 Å². The summed E-state index contributed by atoms with van der Waals surface area (Å²) in [4.78, 5) is 0. The van der Waals surface area contributed by atoms with Gasteiger partial charge in [-0.2, -0.15) is 5.26 Å². The SMILES string of the molecule is N#C[C@@H]1CNC[C@H]1C1CCCCC1. The molecule has 1 saturated heterocycles. The highest BCUT2D eigenvalue weighted by Crippen LogP contribution is 2.35. The molecule has 0 aromatic rings. The number of hydrogen-bond acceptors (Lipinski definition) is 2. The van der Waals surface area contributed by atoms with Crippen LogP contribution in [0.4, 0.5) is 0 Å². The summed E-state index contributed by atoms with van der Waals surface area (Å²) in [6, 6.07) is 2.45. The van der Waals surface area contributed by atoms with Gasteiger partial charge in [0.2, 0.25) is 0 Å². The second kappa shape index (κ2) is 4.11. The van der Waals surface area contributed by atoms with Gasteiger partial charge in [0.05, 0.1) is 12.0 Å². The van der Waals surface area contributed by atoms with E-state index in [1.54, 1.807) is 0 Å². The Morgan fingerprint density at radius 2 is 1.85 bits per heavy atom. The van der Waals surface area contributed by atoms with Crippen molar-refractivity contribution in [2.24, 2.45) is 17.8 Å². The molecule has 0 radical (unpaired) electrons. The molecular formula is C11H18N2. The van der Waals surface area contributed by atoms with Crippen molar-refractivity contribution in [3.05, 3.63) is 0 Å². The lowest BCUT2D eigenvalue weighted by atomic mass is 9.76. The van der Waals surface area contributed by atoms with Crippen LogP contribution in [0.1, 0.15) is 32.1 Å². The standard InChI is InChI=1S/C11H18N2/c12-6-10-7-13-8-11(10)9-4-2-1-3-5-9/h9-11,13H,1-5,7-8H2/t10-,11+/m1/s1. The Kier molecular flexibility index (Phi) is 2.85. The van der Waals surface area contributed by atoms with Crippen LogP contribution < -0.4 is 5.32 Å². The van der Waals surface area contributed by atoms with Crippen LogP contribution in [0.25, 0.3) is 0 Å². The second-order valence-electron chi connectivity index (χ2n) is 4.46. The van der Waals surface area contributed by atoms with E-state index in [-0.39, 0.29) is 0 Å². The quantitative estimate of drug-likeness (QED) is 0.666. The predicted octanol–water partition coefficient (Wildman–Crippen LogP) is 1.93. The van der Waals surface area contributed by atoms with Crippen LogP contribution in [-0.2, 0) is 0 Å². The number of hydrogen-bond donors (Lipinski definition) is 1. The van der Waals surface area contributed by atoms with Crippen molar-refractivity contribution in [3.63, 3.8) is 0 Å². The summed E-state index contributed by atoms with van der Waals surface area (Å²) < 4.78 is 0. The fourth-order valence-corrected chi connectivity index (χ4v) is 2.90. The highest BCUT2D eigenvalue weighted by atomic mass is 14.9. The molecule has 2 atom stereocenters. The molecule has 0 spiro atoms. The second-order valence-corrected chi connectivity index (χ2v) is 4.46. The first-order valence-electron chi connectivity index (χ1n) is 5.52. The van der Waals surface area contributed by atoms with Crippen molar-refractivity contribution in [1.29, 1.82) is 5.26 Å². The predicted molar refractivity (Wildman–Crippen MR) is 52.0 cm³/mol. The van der Waals surface area contributed by atoms with Crippen LogP contribution in [-0.4, -0.2) is 13.1 Å². The van der Waals surface area contributed by atoms with Gasteiger partial charge < -0.3 is 5.32 Å². The van der Waals surface area contributed by atoms with Gasteiger partial charge >= 0.3 is 0 Å². The van der Waals surface area contributed by atoms with Crippen LogP contribution in [0.15, 0.2) is 0 Å². The largest absolute Gasteiger partial charge is 0.315 e. The molecule has 1 heterocycles. The van der Waals surface area contributed by atoms with Crippen molar-refractivity contribution in [3.8, 4) is 6.07 Å². The number of nitriles is 1. The average Bonchev–Trinajstić information content (AvgIpc) is 2.67. The van der Waals surface area contributed by atoms with E-state index in [0.717, 1.165) is 19.0 Å². The molecule has 13 heavy (non-hydrogen) atoms. The van der Waals surface area contributed by atoms with E-state index in [2.05, 4.69) is 11.4 Å². The lowest BCUT2D eigenvalue weighted by Crippen LogP contribution is -2.24. The smallest absolute Gasteiger partial charge is 0.0672 e. The summed E-state index contributed by atoms with van der Waals surface area (Å²) in [6.07, 6.45) is 6.92. The van der Waals surface area contributed by atoms with Gasteiger partial charge in [-0.15, -0.1) is 0 Å². The van der Waals surface area contributed by atoms with Crippen molar-refractivity contribution >= 4 is 0 Å². The Morgan fingerprint density at radius 1 is 1.08 bits per heavy atom. The molecule has 0 aromatic carbocycles. The minimum Gasteiger partial charge on any atom is -0.315 e. The van der Waals surface area contributed by atoms with Crippen molar-refractivity contribution < 1.29 is 0 Å². The first kappa shape index (κ1) is 9.02. The zero-order chi connectivity index (χ0) is 9.10. The van der Waals surface area contributed by atoms with Gasteiger partial charge in [-0.3, -0.25) is 0 Å².